The third kappa shape index (κ3) is 5.72. The van der Waals surface area contributed by atoms with Crippen molar-refractivity contribution < 1.29 is 0 Å². The number of hydrogen-bond acceptors (Lipinski definition) is 6. The summed E-state index contributed by atoms with van der Waals surface area (Å²) in [5.74, 6) is 0.995. The van der Waals surface area contributed by atoms with Gasteiger partial charge in [0, 0.05) is 13.1 Å². The zero-order valence-corrected chi connectivity index (χ0v) is 12.1. The highest BCUT2D eigenvalue weighted by atomic mass is 15.3. The van der Waals surface area contributed by atoms with Crippen LogP contribution >= 0.6 is 0 Å². The van der Waals surface area contributed by atoms with Crippen molar-refractivity contribution >= 4 is 17.8 Å². The molecule has 0 bridgehead atoms. The minimum Gasteiger partial charge on any atom is -0.368 e. The molecule has 0 saturated carbocycles. The van der Waals surface area contributed by atoms with Gasteiger partial charge in [-0.15, -0.1) is 0 Å². The van der Waals surface area contributed by atoms with Crippen LogP contribution in [0.15, 0.2) is 0 Å². The molecule has 4 N–H and O–H groups in total. The van der Waals surface area contributed by atoms with E-state index in [0.29, 0.717) is 5.95 Å². The highest BCUT2D eigenvalue weighted by Crippen LogP contribution is 2.13. The number of nitrogens with two attached hydrogens (primary N) is 2. The maximum absolute atomic E-state index is 5.64. The average Bonchev–Trinajstić information content (AvgIpc) is 2.36. The second-order valence-electron chi connectivity index (χ2n) is 4.75. The Hall–Kier alpha value is -1.59. The molecule has 1 aromatic heterocycles. The van der Waals surface area contributed by atoms with E-state index in [9.17, 15) is 0 Å². The Kier molecular flexibility index (Phi) is 6.92. The molecule has 1 rings (SSSR count). The molecule has 108 valence electrons. The molecule has 0 fully saturated rings. The Morgan fingerprint density at radius 1 is 0.789 bits per heavy atom. The fraction of sp³-hybridized carbons (Fsp3) is 0.769. The van der Waals surface area contributed by atoms with Gasteiger partial charge in [-0.3, -0.25) is 0 Å². The standard InChI is InChI=1S/C13H26N6/c1-3-5-7-9-19(10-8-6-4-2)13-17-11(14)16-12(15)18-13/h3-10H2,1-2H3,(H4,14,15,16,17,18). The van der Waals surface area contributed by atoms with Crippen LogP contribution in [0.1, 0.15) is 52.4 Å². The van der Waals surface area contributed by atoms with Gasteiger partial charge in [-0.2, -0.15) is 15.0 Å². The van der Waals surface area contributed by atoms with Crippen molar-refractivity contribution in [3.63, 3.8) is 0 Å². The van der Waals surface area contributed by atoms with Crippen molar-refractivity contribution in [3.8, 4) is 0 Å². The third-order valence-corrected chi connectivity index (χ3v) is 3.00. The summed E-state index contributed by atoms with van der Waals surface area (Å²) in [5.41, 5.74) is 11.3. The Labute approximate surface area is 115 Å². The molecule has 6 heteroatoms. The first-order valence-corrected chi connectivity index (χ1v) is 7.19. The topological polar surface area (TPSA) is 94.0 Å². The summed E-state index contributed by atoms with van der Waals surface area (Å²) in [5, 5.41) is 0. The van der Waals surface area contributed by atoms with Crippen molar-refractivity contribution in [1.29, 1.82) is 0 Å². The monoisotopic (exact) mass is 266 g/mol. The van der Waals surface area contributed by atoms with Gasteiger partial charge in [-0.1, -0.05) is 39.5 Å². The normalized spacial score (nSPS) is 10.6. The van der Waals surface area contributed by atoms with Gasteiger partial charge in [0.1, 0.15) is 0 Å². The van der Waals surface area contributed by atoms with Crippen molar-refractivity contribution in [2.75, 3.05) is 29.5 Å². The van der Waals surface area contributed by atoms with Crippen LogP contribution in [0, 0.1) is 0 Å². The van der Waals surface area contributed by atoms with E-state index in [1.165, 1.54) is 25.7 Å². The molecule has 0 aromatic carbocycles. The molecular weight excluding hydrogens is 240 g/mol. The number of hydrogen-bond donors (Lipinski definition) is 2. The Bertz CT molecular complexity index is 338. The van der Waals surface area contributed by atoms with Gasteiger partial charge >= 0.3 is 0 Å². The molecule has 0 spiro atoms. The van der Waals surface area contributed by atoms with Crippen LogP contribution in [-0.4, -0.2) is 28.0 Å². The predicted octanol–water partition coefficient (Wildman–Crippen LogP) is 2.22. The van der Waals surface area contributed by atoms with Gasteiger partial charge < -0.3 is 16.4 Å². The van der Waals surface area contributed by atoms with E-state index in [-0.39, 0.29) is 11.9 Å². The number of anilines is 3. The summed E-state index contributed by atoms with van der Waals surface area (Å²) in [7, 11) is 0. The summed E-state index contributed by atoms with van der Waals surface area (Å²) in [4.78, 5) is 14.4. The highest BCUT2D eigenvalue weighted by Gasteiger charge is 2.11. The second-order valence-corrected chi connectivity index (χ2v) is 4.75. The van der Waals surface area contributed by atoms with E-state index in [4.69, 9.17) is 11.5 Å². The van der Waals surface area contributed by atoms with Crippen LogP contribution in [0.3, 0.4) is 0 Å². The Morgan fingerprint density at radius 3 is 1.68 bits per heavy atom. The lowest BCUT2D eigenvalue weighted by atomic mass is 10.2. The molecule has 1 heterocycles. The summed E-state index contributed by atoms with van der Waals surface area (Å²) in [6.07, 6.45) is 7.08. The van der Waals surface area contributed by atoms with E-state index in [1.54, 1.807) is 0 Å². The van der Waals surface area contributed by atoms with Gasteiger partial charge in [0.05, 0.1) is 0 Å². The lowest BCUT2D eigenvalue weighted by Crippen LogP contribution is -2.28. The number of rotatable bonds is 9. The summed E-state index contributed by atoms with van der Waals surface area (Å²) < 4.78 is 0. The first-order chi connectivity index (χ1) is 9.17. The smallest absolute Gasteiger partial charge is 0.231 e. The fourth-order valence-corrected chi connectivity index (χ4v) is 1.96. The van der Waals surface area contributed by atoms with Crippen LogP contribution in [0.4, 0.5) is 17.8 Å². The number of unbranched alkanes of at least 4 members (excludes halogenated alkanes) is 4. The van der Waals surface area contributed by atoms with E-state index in [1.807, 2.05) is 0 Å². The zero-order chi connectivity index (χ0) is 14.1. The first kappa shape index (κ1) is 15.5. The van der Waals surface area contributed by atoms with Crippen LogP contribution in [0.2, 0.25) is 0 Å². The van der Waals surface area contributed by atoms with Gasteiger partial charge in [-0.25, -0.2) is 0 Å². The average molecular weight is 266 g/mol. The van der Waals surface area contributed by atoms with Crippen LogP contribution in [0.25, 0.3) is 0 Å². The van der Waals surface area contributed by atoms with Crippen molar-refractivity contribution in [2.45, 2.75) is 52.4 Å². The number of nitrogens with zero attached hydrogens (tertiary/aromatic N) is 4. The lowest BCUT2D eigenvalue weighted by molar-refractivity contribution is 0.626. The molecule has 19 heavy (non-hydrogen) atoms. The molecule has 0 atom stereocenters. The number of aromatic nitrogens is 3. The highest BCUT2D eigenvalue weighted by molar-refractivity contribution is 5.39. The molecule has 0 aliphatic heterocycles. The minimum atomic E-state index is 0.193. The molecule has 1 aromatic rings. The summed E-state index contributed by atoms with van der Waals surface area (Å²) in [6.45, 7) is 6.28. The van der Waals surface area contributed by atoms with Crippen molar-refractivity contribution in [2.24, 2.45) is 0 Å². The Morgan fingerprint density at radius 2 is 1.26 bits per heavy atom. The lowest BCUT2D eigenvalue weighted by Gasteiger charge is -2.22. The SMILES string of the molecule is CCCCCN(CCCCC)c1nc(N)nc(N)n1. The first-order valence-electron chi connectivity index (χ1n) is 7.19. The molecule has 0 aliphatic rings. The largest absolute Gasteiger partial charge is 0.368 e. The van der Waals surface area contributed by atoms with Gasteiger partial charge in [-0.05, 0) is 12.8 Å². The molecular formula is C13H26N6. The van der Waals surface area contributed by atoms with Crippen LogP contribution in [0.5, 0.6) is 0 Å². The molecule has 0 amide bonds. The molecule has 6 nitrogen and oxygen atoms in total. The minimum absolute atomic E-state index is 0.193. The van der Waals surface area contributed by atoms with E-state index in [0.717, 1.165) is 25.9 Å². The number of nitrogen functional groups attached to an aromatic ring is 2. The van der Waals surface area contributed by atoms with E-state index >= 15 is 0 Å². The van der Waals surface area contributed by atoms with Crippen molar-refractivity contribution in [3.05, 3.63) is 0 Å². The second kappa shape index (κ2) is 8.50. The summed E-state index contributed by atoms with van der Waals surface area (Å²) >= 11 is 0. The fourth-order valence-electron chi connectivity index (χ4n) is 1.96. The van der Waals surface area contributed by atoms with Crippen LogP contribution < -0.4 is 16.4 Å². The van der Waals surface area contributed by atoms with Gasteiger partial charge in [0.25, 0.3) is 0 Å². The predicted molar refractivity (Wildman–Crippen MR) is 79.9 cm³/mol. The van der Waals surface area contributed by atoms with Crippen molar-refractivity contribution in [1.82, 2.24) is 15.0 Å². The maximum atomic E-state index is 5.64. The van der Waals surface area contributed by atoms with Gasteiger partial charge in [0.2, 0.25) is 17.8 Å². The Balaban J connectivity index is 2.69. The van der Waals surface area contributed by atoms with Gasteiger partial charge in [0.15, 0.2) is 0 Å². The zero-order valence-electron chi connectivity index (χ0n) is 12.1. The van der Waals surface area contributed by atoms with E-state index < -0.39 is 0 Å². The molecule has 0 radical (unpaired) electrons. The maximum Gasteiger partial charge on any atom is 0.231 e. The van der Waals surface area contributed by atoms with E-state index in [2.05, 4.69) is 33.7 Å². The summed E-state index contributed by atoms with van der Waals surface area (Å²) in [6, 6.07) is 0. The third-order valence-electron chi connectivity index (χ3n) is 3.00. The van der Waals surface area contributed by atoms with Crippen LogP contribution in [-0.2, 0) is 0 Å². The molecule has 0 unspecified atom stereocenters. The molecule has 0 aliphatic carbocycles. The quantitative estimate of drug-likeness (QED) is 0.666. The molecule has 0 saturated heterocycles.